The van der Waals surface area contributed by atoms with Crippen LogP contribution in [-0.4, -0.2) is 34.0 Å². The van der Waals surface area contributed by atoms with Crippen LogP contribution < -0.4 is 0 Å². The standard InChI is InChI=1S/C21H25N3O3/c1-11-6-12(2)10-24(9-11)21(25)17-8-18(16-7-13(3)26-15(16)5)22-20-19(17)14(4)23-27-20/h7-8,11-12H,6,9-10H2,1-5H3. The van der Waals surface area contributed by atoms with Gasteiger partial charge in [0.05, 0.1) is 22.3 Å². The number of aryl methyl sites for hydroxylation is 3. The first-order valence-electron chi connectivity index (χ1n) is 9.47. The Balaban J connectivity index is 1.84. The van der Waals surface area contributed by atoms with Crippen LogP contribution in [0.25, 0.3) is 22.4 Å². The second-order valence-corrected chi connectivity index (χ2v) is 7.99. The molecule has 0 radical (unpaired) electrons. The van der Waals surface area contributed by atoms with Crippen LogP contribution in [0.15, 0.2) is 21.1 Å². The Morgan fingerprint density at radius 3 is 2.48 bits per heavy atom. The Labute approximate surface area is 158 Å². The number of rotatable bonds is 2. The fourth-order valence-corrected chi connectivity index (χ4v) is 4.29. The first-order valence-corrected chi connectivity index (χ1v) is 9.47. The van der Waals surface area contributed by atoms with Crippen molar-refractivity contribution in [2.75, 3.05) is 13.1 Å². The van der Waals surface area contributed by atoms with Gasteiger partial charge in [0, 0.05) is 18.7 Å². The molecule has 0 saturated carbocycles. The minimum absolute atomic E-state index is 0.0196. The van der Waals surface area contributed by atoms with Gasteiger partial charge < -0.3 is 13.8 Å². The van der Waals surface area contributed by atoms with Crippen LogP contribution in [0.1, 0.15) is 47.8 Å². The third-order valence-electron chi connectivity index (χ3n) is 5.32. The third-order valence-corrected chi connectivity index (χ3v) is 5.32. The Morgan fingerprint density at radius 2 is 1.85 bits per heavy atom. The molecule has 27 heavy (non-hydrogen) atoms. The van der Waals surface area contributed by atoms with Crippen LogP contribution in [0.2, 0.25) is 0 Å². The topological polar surface area (TPSA) is 72.4 Å². The molecule has 2 unspecified atom stereocenters. The van der Waals surface area contributed by atoms with Crippen molar-refractivity contribution < 1.29 is 13.7 Å². The van der Waals surface area contributed by atoms with E-state index in [9.17, 15) is 4.79 Å². The van der Waals surface area contributed by atoms with E-state index in [1.165, 1.54) is 0 Å². The normalized spacial score (nSPS) is 20.4. The lowest BCUT2D eigenvalue weighted by atomic mass is 9.91. The summed E-state index contributed by atoms with van der Waals surface area (Å²) >= 11 is 0. The fraction of sp³-hybridized carbons (Fsp3) is 0.476. The lowest BCUT2D eigenvalue weighted by molar-refractivity contribution is 0.0625. The van der Waals surface area contributed by atoms with Crippen LogP contribution in [0.5, 0.6) is 0 Å². The number of hydrogen-bond donors (Lipinski definition) is 0. The van der Waals surface area contributed by atoms with Gasteiger partial charge in [0.1, 0.15) is 11.5 Å². The fourth-order valence-electron chi connectivity index (χ4n) is 4.29. The number of pyridine rings is 1. The van der Waals surface area contributed by atoms with E-state index in [0.29, 0.717) is 39.9 Å². The first-order chi connectivity index (χ1) is 12.8. The number of hydrogen-bond acceptors (Lipinski definition) is 5. The first kappa shape index (κ1) is 17.8. The average Bonchev–Trinajstić information content (AvgIpc) is 3.14. The summed E-state index contributed by atoms with van der Waals surface area (Å²) in [6.07, 6.45) is 1.15. The molecule has 6 heteroatoms. The average molecular weight is 367 g/mol. The zero-order chi connectivity index (χ0) is 19.3. The molecule has 0 aliphatic carbocycles. The minimum Gasteiger partial charge on any atom is -0.466 e. The molecule has 0 bridgehead atoms. The maximum atomic E-state index is 13.4. The van der Waals surface area contributed by atoms with Crippen LogP contribution in [0, 0.1) is 32.6 Å². The molecule has 1 amide bonds. The molecular weight excluding hydrogens is 342 g/mol. The highest BCUT2D eigenvalue weighted by Crippen LogP contribution is 2.32. The van der Waals surface area contributed by atoms with E-state index in [2.05, 4.69) is 24.0 Å². The number of fused-ring (bicyclic) bond motifs is 1. The highest BCUT2D eigenvalue weighted by atomic mass is 16.5. The number of likely N-dealkylation sites (tertiary alicyclic amines) is 1. The van der Waals surface area contributed by atoms with Crippen LogP contribution in [0.4, 0.5) is 0 Å². The second kappa shape index (κ2) is 6.51. The van der Waals surface area contributed by atoms with Crippen molar-refractivity contribution in [2.45, 2.75) is 41.0 Å². The molecule has 1 aliphatic heterocycles. The molecular formula is C21H25N3O3. The van der Waals surface area contributed by atoms with E-state index in [-0.39, 0.29) is 5.91 Å². The SMILES string of the molecule is Cc1cc(-c2cc(C(=O)N3CC(C)CC(C)C3)c3c(C)noc3n2)c(C)o1. The highest BCUT2D eigenvalue weighted by Gasteiger charge is 2.29. The summed E-state index contributed by atoms with van der Waals surface area (Å²) in [5.74, 6) is 2.60. The number of aromatic nitrogens is 2. The van der Waals surface area contributed by atoms with Crippen molar-refractivity contribution in [2.24, 2.45) is 11.8 Å². The molecule has 3 aromatic rings. The van der Waals surface area contributed by atoms with Gasteiger partial charge in [-0.1, -0.05) is 19.0 Å². The molecule has 2 atom stereocenters. The number of piperidine rings is 1. The Kier molecular flexibility index (Phi) is 4.29. The van der Waals surface area contributed by atoms with Crippen molar-refractivity contribution in [3.05, 3.63) is 34.9 Å². The highest BCUT2D eigenvalue weighted by molar-refractivity contribution is 6.07. The smallest absolute Gasteiger partial charge is 0.259 e. The number of nitrogens with zero attached hydrogens (tertiary/aromatic N) is 3. The van der Waals surface area contributed by atoms with E-state index in [0.717, 1.165) is 36.6 Å². The predicted molar refractivity (Wildman–Crippen MR) is 103 cm³/mol. The quantitative estimate of drug-likeness (QED) is 0.665. The number of carbonyl (C=O) groups excluding carboxylic acids is 1. The lowest BCUT2D eigenvalue weighted by Crippen LogP contribution is -2.42. The maximum Gasteiger partial charge on any atom is 0.259 e. The van der Waals surface area contributed by atoms with Crippen molar-refractivity contribution in [1.82, 2.24) is 15.0 Å². The number of carbonyl (C=O) groups is 1. The van der Waals surface area contributed by atoms with Gasteiger partial charge in [-0.2, -0.15) is 0 Å². The van der Waals surface area contributed by atoms with Gasteiger partial charge in [0.15, 0.2) is 0 Å². The summed E-state index contributed by atoms with van der Waals surface area (Å²) in [5, 5.41) is 4.75. The van der Waals surface area contributed by atoms with Gasteiger partial charge in [0.25, 0.3) is 11.6 Å². The molecule has 0 spiro atoms. The maximum absolute atomic E-state index is 13.4. The molecule has 1 aliphatic rings. The summed E-state index contributed by atoms with van der Waals surface area (Å²) in [7, 11) is 0. The molecule has 142 valence electrons. The predicted octanol–water partition coefficient (Wildman–Crippen LogP) is 4.53. The van der Waals surface area contributed by atoms with Gasteiger partial charge >= 0.3 is 0 Å². The van der Waals surface area contributed by atoms with Crippen LogP contribution >= 0.6 is 0 Å². The summed E-state index contributed by atoms with van der Waals surface area (Å²) in [6, 6.07) is 3.79. The molecule has 1 saturated heterocycles. The van der Waals surface area contributed by atoms with Gasteiger partial charge in [-0.05, 0) is 51.2 Å². The molecule has 0 N–H and O–H groups in total. The molecule has 4 heterocycles. The summed E-state index contributed by atoms with van der Waals surface area (Å²) in [6.45, 7) is 11.6. The van der Waals surface area contributed by atoms with E-state index >= 15 is 0 Å². The van der Waals surface area contributed by atoms with Crippen LogP contribution in [0.3, 0.4) is 0 Å². The van der Waals surface area contributed by atoms with E-state index in [1.807, 2.05) is 37.8 Å². The summed E-state index contributed by atoms with van der Waals surface area (Å²) < 4.78 is 11.1. The lowest BCUT2D eigenvalue weighted by Gasteiger charge is -2.35. The zero-order valence-electron chi connectivity index (χ0n) is 16.5. The summed E-state index contributed by atoms with van der Waals surface area (Å²) in [5.41, 5.74) is 3.23. The van der Waals surface area contributed by atoms with Gasteiger partial charge in [-0.15, -0.1) is 0 Å². The third kappa shape index (κ3) is 3.13. The number of furan rings is 1. The zero-order valence-corrected chi connectivity index (χ0v) is 16.5. The van der Waals surface area contributed by atoms with Crippen molar-refractivity contribution in [1.29, 1.82) is 0 Å². The Bertz CT molecular complexity index is 1010. The molecule has 3 aromatic heterocycles. The molecule has 0 aromatic carbocycles. The Hall–Kier alpha value is -2.63. The van der Waals surface area contributed by atoms with Gasteiger partial charge in [-0.3, -0.25) is 4.79 Å². The molecule has 1 fully saturated rings. The van der Waals surface area contributed by atoms with Crippen LogP contribution in [-0.2, 0) is 0 Å². The minimum atomic E-state index is 0.0196. The largest absolute Gasteiger partial charge is 0.466 e. The van der Waals surface area contributed by atoms with Crippen molar-refractivity contribution in [3.8, 4) is 11.3 Å². The van der Waals surface area contributed by atoms with Crippen molar-refractivity contribution in [3.63, 3.8) is 0 Å². The van der Waals surface area contributed by atoms with Gasteiger partial charge in [0.2, 0.25) is 0 Å². The molecule has 6 nitrogen and oxygen atoms in total. The Morgan fingerprint density at radius 1 is 1.15 bits per heavy atom. The van der Waals surface area contributed by atoms with Crippen molar-refractivity contribution >= 4 is 17.0 Å². The number of amides is 1. The van der Waals surface area contributed by atoms with E-state index in [4.69, 9.17) is 8.94 Å². The summed E-state index contributed by atoms with van der Waals surface area (Å²) in [4.78, 5) is 20.0. The van der Waals surface area contributed by atoms with E-state index in [1.54, 1.807) is 0 Å². The van der Waals surface area contributed by atoms with E-state index < -0.39 is 0 Å². The monoisotopic (exact) mass is 367 g/mol. The molecule has 4 rings (SSSR count). The van der Waals surface area contributed by atoms with Gasteiger partial charge in [-0.25, -0.2) is 4.98 Å². The second-order valence-electron chi connectivity index (χ2n) is 7.99.